The number of amides is 1. The predicted molar refractivity (Wildman–Crippen MR) is 67.3 cm³/mol. The van der Waals surface area contributed by atoms with Crippen LogP contribution in [0.15, 0.2) is 10.9 Å². The molecule has 2 rings (SSSR count). The second-order valence-corrected chi connectivity index (χ2v) is 4.40. The topological polar surface area (TPSA) is 112 Å². The minimum absolute atomic E-state index is 0.119. The number of hydrogen-bond acceptors (Lipinski definition) is 5. The number of imidazole rings is 1. The SMILES string of the molecule is Cc1noc(C)c1CN(C)C(=O)c1nc[nH]c1C(=O)O. The second kappa shape index (κ2) is 5.16. The van der Waals surface area contributed by atoms with Gasteiger partial charge in [0.2, 0.25) is 0 Å². The molecular formula is C12H14N4O4. The molecule has 8 heteroatoms. The highest BCUT2D eigenvalue weighted by atomic mass is 16.5. The average molecular weight is 278 g/mol. The summed E-state index contributed by atoms with van der Waals surface area (Å²) in [6.45, 7) is 3.80. The number of rotatable bonds is 4. The molecule has 0 saturated carbocycles. The summed E-state index contributed by atoms with van der Waals surface area (Å²) in [7, 11) is 1.56. The number of aromatic nitrogens is 3. The number of carbonyl (C=O) groups is 2. The number of aromatic carboxylic acids is 1. The molecule has 0 aliphatic carbocycles. The molecule has 0 spiro atoms. The number of aryl methyl sites for hydroxylation is 2. The van der Waals surface area contributed by atoms with Crippen LogP contribution in [0, 0.1) is 13.8 Å². The van der Waals surface area contributed by atoms with Gasteiger partial charge in [-0.2, -0.15) is 0 Å². The molecule has 0 saturated heterocycles. The van der Waals surface area contributed by atoms with Crippen molar-refractivity contribution in [3.63, 3.8) is 0 Å². The molecule has 0 aromatic carbocycles. The van der Waals surface area contributed by atoms with Gasteiger partial charge >= 0.3 is 5.97 Å². The molecule has 2 N–H and O–H groups in total. The summed E-state index contributed by atoms with van der Waals surface area (Å²) in [4.78, 5) is 30.7. The van der Waals surface area contributed by atoms with Crippen molar-refractivity contribution in [3.8, 4) is 0 Å². The number of hydrogen-bond donors (Lipinski definition) is 2. The zero-order valence-electron chi connectivity index (χ0n) is 11.3. The summed E-state index contributed by atoms with van der Waals surface area (Å²) in [5.41, 5.74) is 1.16. The zero-order valence-corrected chi connectivity index (χ0v) is 11.3. The van der Waals surface area contributed by atoms with E-state index in [0.717, 1.165) is 5.56 Å². The Morgan fingerprint density at radius 3 is 2.70 bits per heavy atom. The number of nitrogens with zero attached hydrogens (tertiary/aromatic N) is 3. The van der Waals surface area contributed by atoms with Gasteiger partial charge in [0.1, 0.15) is 5.76 Å². The minimum atomic E-state index is -1.23. The second-order valence-electron chi connectivity index (χ2n) is 4.40. The Labute approximate surface area is 114 Å². The van der Waals surface area contributed by atoms with E-state index in [1.165, 1.54) is 11.2 Å². The number of carbonyl (C=O) groups excluding carboxylic acids is 1. The molecular weight excluding hydrogens is 264 g/mol. The smallest absolute Gasteiger partial charge is 0.354 e. The first kappa shape index (κ1) is 13.8. The number of carboxylic acid groups (broad SMARTS) is 1. The maximum Gasteiger partial charge on any atom is 0.354 e. The van der Waals surface area contributed by atoms with Crippen LogP contribution in [-0.4, -0.2) is 44.1 Å². The molecule has 2 heterocycles. The Morgan fingerprint density at radius 1 is 1.45 bits per heavy atom. The predicted octanol–water partition coefficient (Wildman–Crippen LogP) is 0.985. The zero-order chi connectivity index (χ0) is 14.9. The fraction of sp³-hybridized carbons (Fsp3) is 0.333. The van der Waals surface area contributed by atoms with Gasteiger partial charge in [0.05, 0.1) is 18.6 Å². The Morgan fingerprint density at radius 2 is 2.15 bits per heavy atom. The maximum absolute atomic E-state index is 12.2. The fourth-order valence-electron chi connectivity index (χ4n) is 1.84. The van der Waals surface area contributed by atoms with Crippen molar-refractivity contribution in [1.82, 2.24) is 20.0 Å². The normalized spacial score (nSPS) is 10.6. The first-order valence-corrected chi connectivity index (χ1v) is 5.85. The molecule has 0 aliphatic heterocycles. The van der Waals surface area contributed by atoms with Crippen molar-refractivity contribution in [2.75, 3.05) is 7.05 Å². The molecule has 1 amide bonds. The summed E-state index contributed by atoms with van der Waals surface area (Å²) >= 11 is 0. The Hall–Kier alpha value is -2.64. The lowest BCUT2D eigenvalue weighted by atomic mass is 10.2. The standard InChI is InChI=1S/C12H14N4O4/c1-6-8(7(2)20-15-6)4-16(3)11(17)9-10(12(18)19)14-5-13-9/h5H,4H2,1-3H3,(H,13,14)(H,18,19). The first-order valence-electron chi connectivity index (χ1n) is 5.85. The van der Waals surface area contributed by atoms with E-state index >= 15 is 0 Å². The molecule has 0 aliphatic rings. The van der Waals surface area contributed by atoms with Crippen LogP contribution in [0.1, 0.15) is 38.0 Å². The van der Waals surface area contributed by atoms with Crippen molar-refractivity contribution in [2.24, 2.45) is 0 Å². The van der Waals surface area contributed by atoms with Gasteiger partial charge in [-0.15, -0.1) is 0 Å². The summed E-state index contributed by atoms with van der Waals surface area (Å²) in [6.07, 6.45) is 1.18. The third-order valence-electron chi connectivity index (χ3n) is 2.98. The van der Waals surface area contributed by atoms with Gasteiger partial charge in [0.25, 0.3) is 5.91 Å². The van der Waals surface area contributed by atoms with E-state index in [2.05, 4.69) is 15.1 Å². The van der Waals surface area contributed by atoms with E-state index in [0.29, 0.717) is 11.5 Å². The van der Waals surface area contributed by atoms with Gasteiger partial charge in [0.15, 0.2) is 11.4 Å². The van der Waals surface area contributed by atoms with Crippen molar-refractivity contribution in [3.05, 3.63) is 34.7 Å². The van der Waals surface area contributed by atoms with Gasteiger partial charge < -0.3 is 19.5 Å². The largest absolute Gasteiger partial charge is 0.477 e. The lowest BCUT2D eigenvalue weighted by Crippen LogP contribution is -2.28. The van der Waals surface area contributed by atoms with Gasteiger partial charge in [-0.3, -0.25) is 4.79 Å². The third-order valence-corrected chi connectivity index (χ3v) is 2.98. The van der Waals surface area contributed by atoms with Crippen LogP contribution in [0.2, 0.25) is 0 Å². The van der Waals surface area contributed by atoms with Crippen LogP contribution in [0.5, 0.6) is 0 Å². The number of carboxylic acids is 1. The van der Waals surface area contributed by atoms with Crippen LogP contribution in [0.25, 0.3) is 0 Å². The number of H-pyrrole nitrogens is 1. The Bertz CT molecular complexity index is 639. The van der Waals surface area contributed by atoms with Crippen LogP contribution in [0.3, 0.4) is 0 Å². The monoisotopic (exact) mass is 278 g/mol. The summed E-state index contributed by atoms with van der Waals surface area (Å²) in [6, 6.07) is 0. The molecule has 8 nitrogen and oxygen atoms in total. The van der Waals surface area contributed by atoms with Gasteiger partial charge in [0, 0.05) is 12.6 Å². The molecule has 20 heavy (non-hydrogen) atoms. The van der Waals surface area contributed by atoms with Crippen LogP contribution >= 0.6 is 0 Å². The van der Waals surface area contributed by atoms with E-state index in [-0.39, 0.29) is 17.9 Å². The Balaban J connectivity index is 2.21. The lowest BCUT2D eigenvalue weighted by molar-refractivity contribution is 0.0674. The molecule has 106 valence electrons. The van der Waals surface area contributed by atoms with E-state index in [1.807, 2.05) is 0 Å². The van der Waals surface area contributed by atoms with Crippen LogP contribution in [0.4, 0.5) is 0 Å². The van der Waals surface area contributed by atoms with E-state index in [1.54, 1.807) is 20.9 Å². The molecule has 2 aromatic heterocycles. The maximum atomic E-state index is 12.2. The van der Waals surface area contributed by atoms with Crippen molar-refractivity contribution < 1.29 is 19.2 Å². The highest BCUT2D eigenvalue weighted by molar-refractivity contribution is 6.02. The molecule has 0 atom stereocenters. The Kier molecular flexibility index (Phi) is 3.55. The quantitative estimate of drug-likeness (QED) is 0.862. The minimum Gasteiger partial charge on any atom is -0.477 e. The fourth-order valence-corrected chi connectivity index (χ4v) is 1.84. The first-order chi connectivity index (χ1) is 9.41. The van der Waals surface area contributed by atoms with Gasteiger partial charge in [-0.1, -0.05) is 5.16 Å². The molecule has 0 bridgehead atoms. The van der Waals surface area contributed by atoms with E-state index in [4.69, 9.17) is 9.63 Å². The molecule has 0 fully saturated rings. The summed E-state index contributed by atoms with van der Waals surface area (Å²) in [5.74, 6) is -1.08. The average Bonchev–Trinajstić information content (AvgIpc) is 2.99. The van der Waals surface area contributed by atoms with Crippen molar-refractivity contribution in [2.45, 2.75) is 20.4 Å². The van der Waals surface area contributed by atoms with Crippen molar-refractivity contribution >= 4 is 11.9 Å². The molecule has 2 aromatic rings. The van der Waals surface area contributed by atoms with Crippen molar-refractivity contribution in [1.29, 1.82) is 0 Å². The summed E-state index contributed by atoms with van der Waals surface area (Å²) < 4.78 is 5.02. The summed E-state index contributed by atoms with van der Waals surface area (Å²) in [5, 5.41) is 12.8. The lowest BCUT2D eigenvalue weighted by Gasteiger charge is -2.16. The van der Waals surface area contributed by atoms with Crippen LogP contribution < -0.4 is 0 Å². The van der Waals surface area contributed by atoms with Gasteiger partial charge in [-0.25, -0.2) is 9.78 Å². The number of nitrogens with one attached hydrogen (secondary N) is 1. The third kappa shape index (κ3) is 2.40. The molecule has 0 radical (unpaired) electrons. The number of aromatic amines is 1. The molecule has 0 unspecified atom stereocenters. The van der Waals surface area contributed by atoms with Gasteiger partial charge in [-0.05, 0) is 13.8 Å². The highest BCUT2D eigenvalue weighted by Gasteiger charge is 2.24. The van der Waals surface area contributed by atoms with E-state index in [9.17, 15) is 9.59 Å². The van der Waals surface area contributed by atoms with E-state index < -0.39 is 11.9 Å². The highest BCUT2D eigenvalue weighted by Crippen LogP contribution is 2.16. The van der Waals surface area contributed by atoms with Crippen LogP contribution in [-0.2, 0) is 6.54 Å².